The third kappa shape index (κ3) is 3.93. The van der Waals surface area contributed by atoms with Crippen LogP contribution < -0.4 is 0 Å². The zero-order valence-corrected chi connectivity index (χ0v) is 14.3. The number of benzene rings is 1. The fourth-order valence-electron chi connectivity index (χ4n) is 3.33. The highest BCUT2D eigenvalue weighted by Crippen LogP contribution is 2.39. The fourth-order valence-corrected chi connectivity index (χ4v) is 3.87. The summed E-state index contributed by atoms with van der Waals surface area (Å²) in [6, 6.07) is 8.66. The molecule has 1 atom stereocenters. The largest absolute Gasteiger partial charge is 0.299 e. The van der Waals surface area contributed by atoms with E-state index >= 15 is 0 Å². The average molecular weight is 312 g/mol. The normalized spacial score (nSPS) is 20.1. The van der Waals surface area contributed by atoms with Crippen molar-refractivity contribution in [2.75, 3.05) is 19.3 Å². The number of rotatable bonds is 5. The molecule has 0 bridgehead atoms. The predicted molar refractivity (Wildman–Crippen MR) is 91.9 cm³/mol. The molecule has 0 heterocycles. The molecule has 1 aromatic rings. The summed E-state index contributed by atoms with van der Waals surface area (Å²) in [6.45, 7) is 3.42. The second-order valence-corrected chi connectivity index (χ2v) is 7.11. The molecule has 1 saturated carbocycles. The molecular weight excluding hydrogens is 286 g/mol. The number of nitrogens with zero attached hydrogens (tertiary/aromatic N) is 1. The van der Waals surface area contributed by atoms with Crippen LogP contribution in [-0.4, -0.2) is 24.2 Å². The van der Waals surface area contributed by atoms with Gasteiger partial charge in [-0.05, 0) is 55.7 Å². The van der Waals surface area contributed by atoms with Crippen LogP contribution in [0.4, 0.5) is 0 Å². The van der Waals surface area contributed by atoms with Gasteiger partial charge in [-0.2, -0.15) is 12.6 Å². The number of hydrogen-bond acceptors (Lipinski definition) is 2. The van der Waals surface area contributed by atoms with Gasteiger partial charge < -0.3 is 0 Å². The van der Waals surface area contributed by atoms with Crippen molar-refractivity contribution in [3.63, 3.8) is 0 Å². The van der Waals surface area contributed by atoms with E-state index in [1.807, 2.05) is 12.1 Å². The van der Waals surface area contributed by atoms with Crippen molar-refractivity contribution in [1.82, 2.24) is 4.90 Å². The van der Waals surface area contributed by atoms with Gasteiger partial charge in [0.15, 0.2) is 0 Å². The van der Waals surface area contributed by atoms with Gasteiger partial charge in [-0.1, -0.05) is 43.0 Å². The first-order valence-electron chi connectivity index (χ1n) is 7.63. The quantitative estimate of drug-likeness (QED) is 0.730. The zero-order valence-electron chi connectivity index (χ0n) is 12.6. The first-order chi connectivity index (χ1) is 9.56. The highest BCUT2D eigenvalue weighted by molar-refractivity contribution is 7.80. The Balaban J connectivity index is 2.02. The van der Waals surface area contributed by atoms with Crippen LogP contribution in [0.1, 0.15) is 50.6 Å². The molecule has 1 aliphatic rings. The van der Waals surface area contributed by atoms with Gasteiger partial charge >= 0.3 is 0 Å². The maximum atomic E-state index is 5.97. The monoisotopic (exact) mass is 311 g/mol. The Labute approximate surface area is 134 Å². The molecule has 2 rings (SSSR count). The second kappa shape index (κ2) is 7.20. The van der Waals surface area contributed by atoms with E-state index in [1.54, 1.807) is 0 Å². The van der Waals surface area contributed by atoms with E-state index in [0.29, 0.717) is 11.5 Å². The van der Waals surface area contributed by atoms with Crippen molar-refractivity contribution in [3.8, 4) is 0 Å². The second-order valence-electron chi connectivity index (χ2n) is 6.36. The summed E-state index contributed by atoms with van der Waals surface area (Å²) in [5, 5.41) is 0.808. The third-order valence-corrected chi connectivity index (χ3v) is 5.77. The molecule has 20 heavy (non-hydrogen) atoms. The summed E-state index contributed by atoms with van der Waals surface area (Å²) < 4.78 is 0. The van der Waals surface area contributed by atoms with Gasteiger partial charge in [-0.15, -0.1) is 0 Å². The van der Waals surface area contributed by atoms with Gasteiger partial charge in [-0.25, -0.2) is 0 Å². The summed E-state index contributed by atoms with van der Waals surface area (Å²) in [6.07, 6.45) is 6.78. The molecule has 0 amide bonds. The van der Waals surface area contributed by atoms with Crippen LogP contribution in [0.2, 0.25) is 5.02 Å². The van der Waals surface area contributed by atoms with Crippen LogP contribution in [0, 0.1) is 5.41 Å². The van der Waals surface area contributed by atoms with E-state index in [-0.39, 0.29) is 0 Å². The minimum Gasteiger partial charge on any atom is -0.299 e. The fraction of sp³-hybridized carbons (Fsp3) is 0.647. The Kier molecular flexibility index (Phi) is 5.83. The number of hydrogen-bond donors (Lipinski definition) is 1. The molecule has 0 aliphatic heterocycles. The van der Waals surface area contributed by atoms with Gasteiger partial charge in [0.1, 0.15) is 0 Å². The Morgan fingerprint density at radius 1 is 1.20 bits per heavy atom. The smallest absolute Gasteiger partial charge is 0.0406 e. The Morgan fingerprint density at radius 2 is 1.80 bits per heavy atom. The van der Waals surface area contributed by atoms with Gasteiger partial charge in [0, 0.05) is 17.6 Å². The third-order valence-electron chi connectivity index (χ3n) is 4.85. The van der Waals surface area contributed by atoms with Gasteiger partial charge in [-0.3, -0.25) is 4.90 Å². The molecule has 0 N–H and O–H groups in total. The van der Waals surface area contributed by atoms with E-state index in [0.717, 1.165) is 17.3 Å². The molecule has 0 radical (unpaired) electrons. The summed E-state index contributed by atoms with van der Waals surface area (Å²) in [7, 11) is 2.24. The van der Waals surface area contributed by atoms with Gasteiger partial charge in [0.05, 0.1) is 0 Å². The summed E-state index contributed by atoms with van der Waals surface area (Å²) in [5.74, 6) is 1.00. The van der Waals surface area contributed by atoms with E-state index in [1.165, 1.54) is 37.7 Å². The first kappa shape index (κ1) is 16.2. The molecule has 112 valence electrons. The molecule has 0 spiro atoms. The van der Waals surface area contributed by atoms with E-state index in [9.17, 15) is 0 Å². The maximum Gasteiger partial charge on any atom is 0.0406 e. The summed E-state index contributed by atoms with van der Waals surface area (Å²) >= 11 is 10.6. The van der Waals surface area contributed by atoms with Crippen LogP contribution in [0.25, 0.3) is 0 Å². The Hall–Kier alpha value is -0.180. The Bertz CT molecular complexity index is 412. The summed E-state index contributed by atoms with van der Waals surface area (Å²) in [4.78, 5) is 2.48. The molecule has 1 unspecified atom stereocenters. The lowest BCUT2D eigenvalue weighted by Crippen LogP contribution is -2.39. The lowest BCUT2D eigenvalue weighted by Gasteiger charge is -2.41. The average Bonchev–Trinajstić information content (AvgIpc) is 2.48. The number of halogens is 1. The molecule has 1 aromatic carbocycles. The highest BCUT2D eigenvalue weighted by atomic mass is 35.5. The lowest BCUT2D eigenvalue weighted by atomic mass is 9.75. The summed E-state index contributed by atoms with van der Waals surface area (Å²) in [5.41, 5.74) is 1.75. The van der Waals surface area contributed by atoms with Crippen LogP contribution >= 0.6 is 24.2 Å². The van der Waals surface area contributed by atoms with Crippen LogP contribution in [0.3, 0.4) is 0 Å². The van der Waals surface area contributed by atoms with Crippen LogP contribution in [0.5, 0.6) is 0 Å². The lowest BCUT2D eigenvalue weighted by molar-refractivity contribution is 0.120. The van der Waals surface area contributed by atoms with Crippen molar-refractivity contribution >= 4 is 24.2 Å². The molecule has 3 heteroatoms. The van der Waals surface area contributed by atoms with Crippen LogP contribution in [0.15, 0.2) is 24.3 Å². The molecule has 0 aromatic heterocycles. The van der Waals surface area contributed by atoms with E-state index in [4.69, 9.17) is 11.6 Å². The van der Waals surface area contributed by atoms with E-state index < -0.39 is 0 Å². The molecule has 1 fully saturated rings. The highest BCUT2D eigenvalue weighted by Gasteiger charge is 2.32. The Morgan fingerprint density at radius 3 is 2.35 bits per heavy atom. The minimum atomic E-state index is 0.413. The van der Waals surface area contributed by atoms with Gasteiger partial charge in [0.2, 0.25) is 0 Å². The van der Waals surface area contributed by atoms with E-state index in [2.05, 4.69) is 43.6 Å². The standard InChI is InChI=1S/C17H26ClNS/c1-14(15-6-8-16(18)9-7-15)19(2)12-17(13-20)10-4-3-5-11-17/h6-9,14,20H,3-5,10-13H2,1-2H3. The topological polar surface area (TPSA) is 3.24 Å². The molecule has 1 nitrogen and oxygen atoms in total. The predicted octanol–water partition coefficient (Wildman–Crippen LogP) is 5.21. The minimum absolute atomic E-state index is 0.413. The van der Waals surface area contributed by atoms with Crippen molar-refractivity contribution in [2.45, 2.75) is 45.1 Å². The zero-order chi connectivity index (χ0) is 14.6. The van der Waals surface area contributed by atoms with Gasteiger partial charge in [0.25, 0.3) is 0 Å². The van der Waals surface area contributed by atoms with Crippen LogP contribution in [-0.2, 0) is 0 Å². The van der Waals surface area contributed by atoms with Crippen molar-refractivity contribution in [3.05, 3.63) is 34.9 Å². The maximum absolute atomic E-state index is 5.97. The SMILES string of the molecule is CC(c1ccc(Cl)cc1)N(C)CC1(CS)CCCCC1. The van der Waals surface area contributed by atoms with Crippen molar-refractivity contribution in [1.29, 1.82) is 0 Å². The molecule has 1 aliphatic carbocycles. The first-order valence-corrected chi connectivity index (χ1v) is 8.64. The molecule has 0 saturated heterocycles. The van der Waals surface area contributed by atoms with Crippen molar-refractivity contribution in [2.24, 2.45) is 5.41 Å². The molecular formula is C17H26ClNS. The van der Waals surface area contributed by atoms with Crippen molar-refractivity contribution < 1.29 is 0 Å². The number of thiol groups is 1.